The maximum absolute atomic E-state index is 12.7. The Kier molecular flexibility index (Phi) is 4.81. The minimum absolute atomic E-state index is 0.360. The summed E-state index contributed by atoms with van der Waals surface area (Å²) in [4.78, 5) is 11.6. The number of nitrogens with one attached hydrogen (secondary N) is 1. The molecule has 17 heavy (non-hydrogen) atoms. The number of hydrogen-bond donors (Lipinski definition) is 2. The fraction of sp³-hybridized carbons (Fsp3) is 0.364. The van der Waals surface area contributed by atoms with Crippen molar-refractivity contribution in [3.05, 3.63) is 32.9 Å². The Bertz CT molecular complexity index is 424. The number of alkyl halides is 2. The Labute approximate surface area is 111 Å². The van der Waals surface area contributed by atoms with Crippen LogP contribution >= 0.6 is 22.6 Å². The molecule has 0 spiro atoms. The van der Waals surface area contributed by atoms with Gasteiger partial charge in [-0.05, 0) is 41.1 Å². The highest BCUT2D eigenvalue weighted by atomic mass is 127. The van der Waals surface area contributed by atoms with Crippen LogP contribution in [0, 0.1) is 10.5 Å². The molecule has 0 saturated heterocycles. The van der Waals surface area contributed by atoms with Gasteiger partial charge in [0, 0.05) is 3.57 Å². The number of aryl methyl sites for hydroxylation is 1. The standard InChI is InChI=1S/C11H12F2INO2/c1-7-3-2-4-8(9(7)14)10(17)15-5-11(12,13)6-16/h2-4,16H,5-6H2,1H3,(H,15,17). The molecule has 3 nitrogen and oxygen atoms in total. The SMILES string of the molecule is Cc1cccc(C(=O)NCC(F)(F)CO)c1I. The Morgan fingerprint density at radius 2 is 2.18 bits per heavy atom. The van der Waals surface area contributed by atoms with Crippen molar-refractivity contribution < 1.29 is 18.7 Å². The molecular weight excluding hydrogens is 343 g/mol. The summed E-state index contributed by atoms with van der Waals surface area (Å²) in [5, 5.41) is 10.5. The fourth-order valence-electron chi connectivity index (χ4n) is 1.18. The van der Waals surface area contributed by atoms with Gasteiger partial charge in [-0.3, -0.25) is 4.79 Å². The fourth-order valence-corrected chi connectivity index (χ4v) is 1.79. The van der Waals surface area contributed by atoms with E-state index in [0.29, 0.717) is 5.56 Å². The van der Waals surface area contributed by atoms with Gasteiger partial charge in [-0.15, -0.1) is 0 Å². The van der Waals surface area contributed by atoms with Crippen LogP contribution in [0.2, 0.25) is 0 Å². The first-order valence-electron chi connectivity index (χ1n) is 4.89. The molecule has 0 fully saturated rings. The quantitative estimate of drug-likeness (QED) is 0.812. The third-order valence-corrected chi connectivity index (χ3v) is 3.61. The number of carbonyl (C=O) groups is 1. The van der Waals surface area contributed by atoms with E-state index >= 15 is 0 Å². The second-order valence-electron chi connectivity index (χ2n) is 3.63. The van der Waals surface area contributed by atoms with Gasteiger partial charge in [-0.2, -0.15) is 0 Å². The van der Waals surface area contributed by atoms with Gasteiger partial charge in [0.2, 0.25) is 0 Å². The van der Waals surface area contributed by atoms with Crippen LogP contribution in [0.15, 0.2) is 18.2 Å². The monoisotopic (exact) mass is 355 g/mol. The lowest BCUT2D eigenvalue weighted by molar-refractivity contribution is -0.0462. The van der Waals surface area contributed by atoms with E-state index < -0.39 is 25.0 Å². The Morgan fingerprint density at radius 1 is 1.53 bits per heavy atom. The third kappa shape index (κ3) is 3.88. The molecule has 0 bridgehead atoms. The number of hydrogen-bond acceptors (Lipinski definition) is 2. The second kappa shape index (κ2) is 5.72. The van der Waals surface area contributed by atoms with E-state index in [1.165, 1.54) is 0 Å². The molecule has 0 radical (unpaired) electrons. The van der Waals surface area contributed by atoms with Gasteiger partial charge in [0.15, 0.2) is 0 Å². The predicted octanol–water partition coefficient (Wildman–Crippen LogP) is 1.96. The summed E-state index contributed by atoms with van der Waals surface area (Å²) in [7, 11) is 0. The number of aliphatic hydroxyl groups excluding tert-OH is 1. The number of halogens is 3. The summed E-state index contributed by atoms with van der Waals surface area (Å²) in [6, 6.07) is 5.10. The van der Waals surface area contributed by atoms with Crippen molar-refractivity contribution in [2.75, 3.05) is 13.2 Å². The summed E-state index contributed by atoms with van der Waals surface area (Å²) < 4.78 is 26.2. The van der Waals surface area contributed by atoms with Gasteiger partial charge in [0.05, 0.1) is 12.1 Å². The molecule has 0 saturated carbocycles. The van der Waals surface area contributed by atoms with E-state index in [1.54, 1.807) is 12.1 Å². The van der Waals surface area contributed by atoms with E-state index in [2.05, 4.69) is 5.32 Å². The molecule has 0 heterocycles. The van der Waals surface area contributed by atoms with Gasteiger partial charge >= 0.3 is 0 Å². The van der Waals surface area contributed by atoms with Crippen LogP contribution in [-0.2, 0) is 0 Å². The van der Waals surface area contributed by atoms with Crippen LogP contribution in [-0.4, -0.2) is 30.1 Å². The lowest BCUT2D eigenvalue weighted by atomic mass is 10.1. The van der Waals surface area contributed by atoms with Crippen LogP contribution in [0.4, 0.5) is 8.78 Å². The molecule has 0 unspecified atom stereocenters. The van der Waals surface area contributed by atoms with Crippen LogP contribution in [0.3, 0.4) is 0 Å². The van der Waals surface area contributed by atoms with E-state index in [9.17, 15) is 13.6 Å². The smallest absolute Gasteiger partial charge is 0.287 e. The highest BCUT2D eigenvalue weighted by Crippen LogP contribution is 2.17. The minimum atomic E-state index is -3.29. The molecule has 1 amide bonds. The molecule has 1 rings (SSSR count). The van der Waals surface area contributed by atoms with E-state index in [1.807, 2.05) is 35.6 Å². The molecule has 1 aromatic carbocycles. The first-order chi connectivity index (χ1) is 7.87. The maximum Gasteiger partial charge on any atom is 0.287 e. The Morgan fingerprint density at radius 3 is 2.76 bits per heavy atom. The first-order valence-corrected chi connectivity index (χ1v) is 5.97. The topological polar surface area (TPSA) is 49.3 Å². The van der Waals surface area contributed by atoms with Crippen molar-refractivity contribution in [3.8, 4) is 0 Å². The van der Waals surface area contributed by atoms with Gasteiger partial charge in [0.1, 0.15) is 6.61 Å². The maximum atomic E-state index is 12.7. The molecule has 94 valence electrons. The molecule has 0 atom stereocenters. The first kappa shape index (κ1) is 14.3. The van der Waals surface area contributed by atoms with Crippen LogP contribution in [0.5, 0.6) is 0 Å². The summed E-state index contributed by atoms with van der Waals surface area (Å²) >= 11 is 1.99. The van der Waals surface area contributed by atoms with Crippen molar-refractivity contribution >= 4 is 28.5 Å². The van der Waals surface area contributed by atoms with Crippen LogP contribution in [0.1, 0.15) is 15.9 Å². The molecule has 6 heteroatoms. The molecule has 0 aliphatic rings. The van der Waals surface area contributed by atoms with Gasteiger partial charge in [-0.25, -0.2) is 8.78 Å². The lowest BCUT2D eigenvalue weighted by Crippen LogP contribution is -2.39. The largest absolute Gasteiger partial charge is 0.390 e. The number of amides is 1. The number of aliphatic hydroxyl groups is 1. The zero-order valence-electron chi connectivity index (χ0n) is 9.14. The van der Waals surface area contributed by atoms with Crippen LogP contribution in [0.25, 0.3) is 0 Å². The molecular formula is C11H12F2INO2. The van der Waals surface area contributed by atoms with Gasteiger partial charge < -0.3 is 10.4 Å². The van der Waals surface area contributed by atoms with E-state index in [-0.39, 0.29) is 0 Å². The average molecular weight is 355 g/mol. The molecule has 0 aliphatic carbocycles. The number of rotatable bonds is 4. The minimum Gasteiger partial charge on any atom is -0.390 e. The predicted molar refractivity (Wildman–Crippen MR) is 68.3 cm³/mol. The Balaban J connectivity index is 2.74. The average Bonchev–Trinajstić information content (AvgIpc) is 2.30. The summed E-state index contributed by atoms with van der Waals surface area (Å²) in [6.45, 7) is -0.314. The van der Waals surface area contributed by atoms with Gasteiger partial charge in [-0.1, -0.05) is 12.1 Å². The van der Waals surface area contributed by atoms with Crippen molar-refractivity contribution in [3.63, 3.8) is 0 Å². The van der Waals surface area contributed by atoms with Crippen molar-refractivity contribution in [1.29, 1.82) is 0 Å². The normalized spacial score (nSPS) is 11.4. The number of carbonyl (C=O) groups excluding carboxylic acids is 1. The van der Waals surface area contributed by atoms with Crippen molar-refractivity contribution in [2.24, 2.45) is 0 Å². The van der Waals surface area contributed by atoms with Crippen molar-refractivity contribution in [1.82, 2.24) is 5.32 Å². The highest BCUT2D eigenvalue weighted by molar-refractivity contribution is 14.1. The van der Waals surface area contributed by atoms with E-state index in [0.717, 1.165) is 9.13 Å². The summed E-state index contributed by atoms with van der Waals surface area (Å²) in [6.07, 6.45) is 0. The highest BCUT2D eigenvalue weighted by Gasteiger charge is 2.28. The summed E-state index contributed by atoms with van der Waals surface area (Å²) in [5.74, 6) is -3.85. The molecule has 0 aromatic heterocycles. The number of benzene rings is 1. The molecule has 2 N–H and O–H groups in total. The Hall–Kier alpha value is -0.760. The zero-order chi connectivity index (χ0) is 13.1. The van der Waals surface area contributed by atoms with Crippen LogP contribution < -0.4 is 5.32 Å². The van der Waals surface area contributed by atoms with E-state index in [4.69, 9.17) is 5.11 Å². The van der Waals surface area contributed by atoms with Gasteiger partial charge in [0.25, 0.3) is 11.8 Å². The van der Waals surface area contributed by atoms with Crippen molar-refractivity contribution in [2.45, 2.75) is 12.8 Å². The third-order valence-electron chi connectivity index (χ3n) is 2.18. The second-order valence-corrected chi connectivity index (χ2v) is 4.71. The molecule has 0 aliphatic heterocycles. The molecule has 1 aromatic rings. The summed E-state index contributed by atoms with van der Waals surface area (Å²) in [5.41, 5.74) is 1.27. The lowest BCUT2D eigenvalue weighted by Gasteiger charge is -2.14. The zero-order valence-corrected chi connectivity index (χ0v) is 11.3.